The molecule has 0 spiro atoms. The van der Waals surface area contributed by atoms with Gasteiger partial charge in [0.25, 0.3) is 5.91 Å². The van der Waals surface area contributed by atoms with E-state index in [9.17, 15) is 24.0 Å². The number of rotatable bonds is 14. The number of carbonyl (C=O) groups excluding carboxylic acids is 5. The first-order chi connectivity index (χ1) is 46.8. The van der Waals surface area contributed by atoms with Crippen molar-refractivity contribution in [3.63, 3.8) is 0 Å². The lowest BCUT2D eigenvalue weighted by molar-refractivity contribution is -0.136. The first kappa shape index (κ1) is 70.2. The molecule has 0 aliphatic carbocycles. The Kier molecular flexibility index (Phi) is 22.6. The number of piperidine rings is 1. The summed E-state index contributed by atoms with van der Waals surface area (Å²) in [5, 5.41) is 18.2. The van der Waals surface area contributed by atoms with Crippen LogP contribution < -0.4 is 24.3 Å². The number of fused-ring (bicyclic) bond motifs is 3. The third-order valence-electron chi connectivity index (χ3n) is 14.9. The largest absolute Gasteiger partial charge is 0.473 e. The van der Waals surface area contributed by atoms with E-state index < -0.39 is 22.8 Å². The standard InChI is InChI=1S/C29H30N4O4.C19H16BrNO2.C15H20N4O4.C10H15N3O2/c1-29(2,3)37-28(34)32-16-23-17-33(31-24(23)18-32)25-14-15-26(35-19-21-10-6-4-7-11-21)30-27(25)36-20-22-12-8-5-9-13-22;20-17-11-12-18(22-13-15-7-3-1-4-8-15)21-19(17)23-14-16-9-5-2-6-10-16;1-15(2,3)23-14(22)18-6-9-7-19(17-10(9)8-18)11-4-5-12(20)16-13(11)21;1-10(2,3)15-9(14)13-5-7-4-11-12-8(7)6-13/h4-15,17H,16,18-20H2,1-3H3;1-12H,13-14H2;7,11H,4-6,8H2,1-3H3,(H,16,20,21);4H,5-6H2,1-3H3,(H,11,12). The molecule has 5 aromatic heterocycles. The first-order valence-corrected chi connectivity index (χ1v) is 32.9. The molecule has 512 valence electrons. The number of aromatic amines is 1. The third-order valence-corrected chi connectivity index (χ3v) is 15.5. The van der Waals surface area contributed by atoms with E-state index in [2.05, 4.69) is 46.5 Å². The molecule has 1 saturated heterocycles. The van der Waals surface area contributed by atoms with Crippen LogP contribution in [0, 0.1) is 0 Å². The van der Waals surface area contributed by atoms with Gasteiger partial charge >= 0.3 is 18.3 Å². The number of pyridine rings is 2. The Bertz CT molecular complexity index is 4120. The fraction of sp³-hybridized carbons (Fsp3) is 0.342. The summed E-state index contributed by atoms with van der Waals surface area (Å²) < 4.78 is 43.9. The Balaban J connectivity index is 0.000000149. The average molecular weight is 1400 g/mol. The summed E-state index contributed by atoms with van der Waals surface area (Å²) in [4.78, 5) is 73.3. The molecule has 1 unspecified atom stereocenters. The van der Waals surface area contributed by atoms with Gasteiger partial charge in [-0.1, -0.05) is 121 Å². The van der Waals surface area contributed by atoms with E-state index in [-0.39, 0.29) is 30.1 Å². The van der Waals surface area contributed by atoms with Gasteiger partial charge < -0.3 is 33.2 Å². The van der Waals surface area contributed by atoms with E-state index in [1.807, 2.05) is 214 Å². The molecule has 0 bridgehead atoms. The van der Waals surface area contributed by atoms with E-state index in [0.29, 0.717) is 108 Å². The second-order valence-corrected chi connectivity index (χ2v) is 27.3. The number of H-pyrrole nitrogens is 1. The second-order valence-electron chi connectivity index (χ2n) is 26.5. The molecule has 98 heavy (non-hydrogen) atoms. The van der Waals surface area contributed by atoms with E-state index in [1.54, 1.807) is 36.5 Å². The van der Waals surface area contributed by atoms with Crippen molar-refractivity contribution in [1.29, 1.82) is 0 Å². The zero-order chi connectivity index (χ0) is 69.6. The summed E-state index contributed by atoms with van der Waals surface area (Å²) in [7, 11) is 0. The van der Waals surface area contributed by atoms with Crippen LogP contribution in [-0.4, -0.2) is 101 Å². The van der Waals surface area contributed by atoms with Gasteiger partial charge in [-0.25, -0.2) is 19.1 Å². The molecule has 13 rings (SSSR count). The Morgan fingerprint density at radius 3 is 1.39 bits per heavy atom. The number of halogens is 1. The fourth-order valence-corrected chi connectivity index (χ4v) is 10.6. The molecule has 0 radical (unpaired) electrons. The molecular formula is C73H81BrN12O12. The molecule has 0 saturated carbocycles. The minimum atomic E-state index is -0.544. The van der Waals surface area contributed by atoms with Gasteiger partial charge in [-0.05, 0) is 119 Å². The van der Waals surface area contributed by atoms with Crippen molar-refractivity contribution in [2.75, 3.05) is 0 Å². The second kappa shape index (κ2) is 31.5. The van der Waals surface area contributed by atoms with Gasteiger partial charge in [0.05, 0.1) is 67.0 Å². The number of nitrogens with one attached hydrogen (secondary N) is 2. The van der Waals surface area contributed by atoms with Gasteiger partial charge in [-0.2, -0.15) is 25.3 Å². The quantitative estimate of drug-likeness (QED) is 0.0757. The van der Waals surface area contributed by atoms with Crippen LogP contribution in [0.2, 0.25) is 0 Å². The minimum absolute atomic E-state index is 0.248. The van der Waals surface area contributed by atoms with Crippen molar-refractivity contribution in [3.05, 3.63) is 225 Å². The average Bonchev–Trinajstić information content (AvgIpc) is 1.65. The summed E-state index contributed by atoms with van der Waals surface area (Å²) in [6, 6.07) is 46.8. The van der Waals surface area contributed by atoms with Crippen LogP contribution in [0.3, 0.4) is 0 Å². The number of carbonyl (C=O) groups is 5. The Morgan fingerprint density at radius 2 is 0.929 bits per heavy atom. The summed E-state index contributed by atoms with van der Waals surface area (Å²) in [5.41, 5.74) is 8.98. The summed E-state index contributed by atoms with van der Waals surface area (Å²) in [6.45, 7) is 21.1. The van der Waals surface area contributed by atoms with Gasteiger partial charge in [-0.15, -0.1) is 0 Å². The summed E-state index contributed by atoms with van der Waals surface area (Å²) >= 11 is 3.46. The molecule has 5 amide bonds. The molecule has 9 aromatic rings. The lowest BCUT2D eigenvalue weighted by Crippen LogP contribution is -2.42. The molecule has 1 atom stereocenters. The van der Waals surface area contributed by atoms with Gasteiger partial charge in [0.2, 0.25) is 29.4 Å². The van der Waals surface area contributed by atoms with Crippen LogP contribution in [0.25, 0.3) is 5.69 Å². The topological polar surface area (TPSA) is 262 Å². The van der Waals surface area contributed by atoms with E-state index >= 15 is 0 Å². The number of aromatic nitrogens is 8. The van der Waals surface area contributed by atoms with Crippen LogP contribution >= 0.6 is 15.9 Å². The van der Waals surface area contributed by atoms with Crippen molar-refractivity contribution in [3.8, 4) is 29.2 Å². The molecular weight excluding hydrogens is 1320 g/mol. The Hall–Kier alpha value is -10.6. The predicted molar refractivity (Wildman–Crippen MR) is 365 cm³/mol. The minimum Gasteiger partial charge on any atom is -0.473 e. The predicted octanol–water partition coefficient (Wildman–Crippen LogP) is 13.4. The molecule has 1 fully saturated rings. The maximum atomic E-state index is 12.5. The highest BCUT2D eigenvalue weighted by atomic mass is 79.9. The Morgan fingerprint density at radius 1 is 0.500 bits per heavy atom. The highest BCUT2D eigenvalue weighted by Gasteiger charge is 2.35. The van der Waals surface area contributed by atoms with Crippen molar-refractivity contribution < 1.29 is 57.1 Å². The fourth-order valence-electron chi connectivity index (χ4n) is 10.3. The zero-order valence-corrected chi connectivity index (χ0v) is 58.0. The zero-order valence-electron chi connectivity index (χ0n) is 56.4. The lowest BCUT2D eigenvalue weighted by atomic mass is 10.1. The lowest BCUT2D eigenvalue weighted by Gasteiger charge is -2.24. The van der Waals surface area contributed by atoms with Gasteiger partial charge in [0.15, 0.2) is 0 Å². The number of imide groups is 1. The van der Waals surface area contributed by atoms with Crippen LogP contribution in [0.5, 0.6) is 23.5 Å². The highest BCUT2D eigenvalue weighted by molar-refractivity contribution is 9.10. The van der Waals surface area contributed by atoms with Crippen LogP contribution in [0.1, 0.15) is 137 Å². The smallest absolute Gasteiger partial charge is 0.410 e. The normalized spacial score (nSPS) is 14.6. The van der Waals surface area contributed by atoms with Crippen molar-refractivity contribution in [2.45, 2.75) is 164 Å². The van der Waals surface area contributed by atoms with Crippen LogP contribution in [0.15, 0.2) is 169 Å². The Labute approximate surface area is 577 Å². The van der Waals surface area contributed by atoms with Gasteiger partial charge in [0.1, 0.15) is 55.0 Å². The number of ether oxygens (including phenoxy) is 7. The summed E-state index contributed by atoms with van der Waals surface area (Å²) in [5.74, 6) is 1.37. The van der Waals surface area contributed by atoms with E-state index in [1.165, 1.54) is 0 Å². The molecule has 4 aliphatic heterocycles. The third kappa shape index (κ3) is 20.3. The molecule has 9 heterocycles. The number of nitrogens with zero attached hydrogens (tertiary/aromatic N) is 10. The monoisotopic (exact) mass is 1400 g/mol. The van der Waals surface area contributed by atoms with Crippen molar-refractivity contribution in [1.82, 2.24) is 59.7 Å². The van der Waals surface area contributed by atoms with Crippen molar-refractivity contribution in [2.24, 2.45) is 0 Å². The van der Waals surface area contributed by atoms with Crippen LogP contribution in [0.4, 0.5) is 14.4 Å². The van der Waals surface area contributed by atoms with Crippen LogP contribution in [-0.2, 0) is 89.5 Å². The molecule has 4 aliphatic rings. The first-order valence-electron chi connectivity index (χ1n) is 32.1. The number of hydrogen-bond donors (Lipinski definition) is 2. The van der Waals surface area contributed by atoms with Gasteiger partial charge in [0, 0.05) is 47.6 Å². The number of benzene rings is 4. The maximum absolute atomic E-state index is 12.5. The van der Waals surface area contributed by atoms with E-state index in [4.69, 9.17) is 38.3 Å². The SMILES string of the molecule is Brc1ccc(OCc2ccccc2)nc1OCc1ccccc1.CC(C)(C)OC(=O)N1Cc2cn(-c3ccc(OCc4ccccc4)nc3OCc3ccccc3)nc2C1.CC(C)(C)OC(=O)N1Cc2cn(C3CCC(=O)NC3=O)nc2C1.CC(C)(C)OC(=O)N1Cc2cn[nH]c2C1. The number of amides is 5. The van der Waals surface area contributed by atoms with Gasteiger partial charge in [-0.3, -0.25) is 39.4 Å². The highest BCUT2D eigenvalue weighted by Crippen LogP contribution is 2.32. The molecule has 2 N–H and O–H groups in total. The molecule has 24 nitrogen and oxygen atoms in total. The maximum Gasteiger partial charge on any atom is 0.410 e. The molecule has 4 aromatic carbocycles. The van der Waals surface area contributed by atoms with E-state index in [0.717, 1.165) is 60.5 Å². The molecule has 25 heteroatoms. The summed E-state index contributed by atoms with van der Waals surface area (Å²) in [6.07, 6.45) is 5.21. The van der Waals surface area contributed by atoms with Crippen molar-refractivity contribution >= 4 is 46.0 Å². The number of hydrogen-bond acceptors (Lipinski definition) is 17.